The van der Waals surface area contributed by atoms with Gasteiger partial charge in [0.05, 0.1) is 11.9 Å². The Labute approximate surface area is 187 Å². The van der Waals surface area contributed by atoms with Gasteiger partial charge in [0.2, 0.25) is 5.91 Å². The molecule has 1 amide bonds. The van der Waals surface area contributed by atoms with Gasteiger partial charge in [-0.25, -0.2) is 9.97 Å². The van der Waals surface area contributed by atoms with Crippen molar-refractivity contribution in [1.29, 1.82) is 0 Å². The van der Waals surface area contributed by atoms with Crippen LogP contribution in [0.3, 0.4) is 0 Å². The number of nitrogens with one attached hydrogen (secondary N) is 1. The van der Waals surface area contributed by atoms with Crippen molar-refractivity contribution in [3.63, 3.8) is 0 Å². The lowest BCUT2D eigenvalue weighted by atomic mass is 9.89. The quantitative estimate of drug-likeness (QED) is 0.667. The molecular weight excluding hydrogens is 406 g/mol. The first-order valence-corrected chi connectivity index (χ1v) is 12.0. The molecule has 7 heteroatoms. The summed E-state index contributed by atoms with van der Waals surface area (Å²) in [5, 5.41) is 4.32. The molecule has 0 saturated carbocycles. The molecule has 5 rings (SSSR count). The van der Waals surface area contributed by atoms with E-state index in [1.165, 1.54) is 28.7 Å². The van der Waals surface area contributed by atoms with Crippen molar-refractivity contribution in [1.82, 2.24) is 20.2 Å². The molecule has 31 heavy (non-hydrogen) atoms. The van der Waals surface area contributed by atoms with Gasteiger partial charge < -0.3 is 10.2 Å². The molecule has 1 N–H and O–H groups in total. The second-order valence-corrected chi connectivity index (χ2v) is 9.84. The Morgan fingerprint density at radius 3 is 2.77 bits per heavy atom. The number of rotatable bonds is 5. The van der Waals surface area contributed by atoms with E-state index in [0.717, 1.165) is 54.7 Å². The zero-order valence-electron chi connectivity index (χ0n) is 18.0. The van der Waals surface area contributed by atoms with Crippen LogP contribution in [0.1, 0.15) is 29.3 Å². The fourth-order valence-electron chi connectivity index (χ4n) is 4.67. The van der Waals surface area contributed by atoms with Crippen molar-refractivity contribution >= 4 is 33.3 Å². The van der Waals surface area contributed by atoms with Gasteiger partial charge in [-0.3, -0.25) is 9.69 Å². The van der Waals surface area contributed by atoms with Gasteiger partial charge in [0, 0.05) is 37.6 Å². The monoisotopic (exact) mass is 435 g/mol. The molecule has 2 aromatic heterocycles. The molecule has 3 heterocycles. The molecule has 2 aliphatic rings. The summed E-state index contributed by atoms with van der Waals surface area (Å²) in [5.41, 5.74) is 2.61. The van der Waals surface area contributed by atoms with E-state index >= 15 is 0 Å². The van der Waals surface area contributed by atoms with Crippen LogP contribution in [0.4, 0.5) is 5.82 Å². The first-order valence-electron chi connectivity index (χ1n) is 11.2. The van der Waals surface area contributed by atoms with E-state index in [1.54, 1.807) is 6.33 Å². The molecule has 0 radical (unpaired) electrons. The highest BCUT2D eigenvalue weighted by Crippen LogP contribution is 2.40. The van der Waals surface area contributed by atoms with E-state index in [9.17, 15) is 4.79 Å². The van der Waals surface area contributed by atoms with E-state index in [4.69, 9.17) is 4.98 Å². The Hall–Kier alpha value is -2.51. The summed E-state index contributed by atoms with van der Waals surface area (Å²) in [6, 6.07) is 10.0. The van der Waals surface area contributed by atoms with Crippen LogP contribution < -0.4 is 10.2 Å². The summed E-state index contributed by atoms with van der Waals surface area (Å²) in [7, 11) is 0. The zero-order chi connectivity index (χ0) is 21.2. The summed E-state index contributed by atoms with van der Waals surface area (Å²) in [6.45, 7) is 6.89. The normalized spacial score (nSPS) is 19.4. The van der Waals surface area contributed by atoms with Gasteiger partial charge in [-0.15, -0.1) is 11.3 Å². The maximum atomic E-state index is 12.4. The Morgan fingerprint density at radius 2 is 1.97 bits per heavy atom. The smallest absolute Gasteiger partial charge is 0.234 e. The van der Waals surface area contributed by atoms with E-state index in [2.05, 4.69) is 27.0 Å². The summed E-state index contributed by atoms with van der Waals surface area (Å²) >= 11 is 1.85. The van der Waals surface area contributed by atoms with Crippen LogP contribution in [0.2, 0.25) is 0 Å². The van der Waals surface area contributed by atoms with Gasteiger partial charge in [-0.1, -0.05) is 37.3 Å². The van der Waals surface area contributed by atoms with Crippen molar-refractivity contribution in [3.8, 4) is 0 Å². The molecule has 1 aliphatic carbocycles. The van der Waals surface area contributed by atoms with Crippen molar-refractivity contribution in [2.24, 2.45) is 5.92 Å². The lowest BCUT2D eigenvalue weighted by molar-refractivity contribution is -0.122. The fourth-order valence-corrected chi connectivity index (χ4v) is 6.02. The number of hydrogen-bond donors (Lipinski definition) is 1. The van der Waals surface area contributed by atoms with Gasteiger partial charge >= 0.3 is 0 Å². The average molecular weight is 436 g/mol. The van der Waals surface area contributed by atoms with E-state index in [1.807, 2.05) is 41.7 Å². The largest absolute Gasteiger partial charge is 0.353 e. The van der Waals surface area contributed by atoms with Crippen molar-refractivity contribution in [2.75, 3.05) is 37.6 Å². The van der Waals surface area contributed by atoms with Gasteiger partial charge in [-0.2, -0.15) is 0 Å². The van der Waals surface area contributed by atoms with Crippen LogP contribution in [0.5, 0.6) is 0 Å². The fraction of sp³-hybridized carbons (Fsp3) is 0.458. The molecule has 0 spiro atoms. The molecule has 1 fully saturated rings. The molecule has 6 nitrogen and oxygen atoms in total. The van der Waals surface area contributed by atoms with E-state index in [-0.39, 0.29) is 5.91 Å². The van der Waals surface area contributed by atoms with Crippen molar-refractivity contribution in [2.45, 2.75) is 32.7 Å². The number of hydrogen-bond acceptors (Lipinski definition) is 6. The topological polar surface area (TPSA) is 61.4 Å². The molecule has 1 aromatic carbocycles. The van der Waals surface area contributed by atoms with Crippen LogP contribution in [-0.4, -0.2) is 53.5 Å². The summed E-state index contributed by atoms with van der Waals surface area (Å²) in [6.07, 6.45) is 5.27. The number of carbonyl (C=O) groups is 1. The number of aromatic nitrogens is 2. The molecule has 1 atom stereocenters. The first-order chi connectivity index (χ1) is 15.2. The number of piperazine rings is 1. The van der Waals surface area contributed by atoms with Crippen molar-refractivity contribution < 1.29 is 4.79 Å². The second-order valence-electron chi connectivity index (χ2n) is 8.75. The molecule has 3 aromatic rings. The molecule has 1 unspecified atom stereocenters. The Balaban J connectivity index is 1.21. The standard InChI is InChI=1S/C24H29N5OS/c1-17-7-8-19-20(13-17)31-24-22(19)23(26-16-27-24)29-11-9-28(10-12-29)15-21(30)25-14-18-5-3-2-4-6-18/h2-6,16-17H,7-15H2,1H3,(H,25,30). The number of amides is 1. The molecular formula is C24H29N5OS. The molecule has 162 valence electrons. The summed E-state index contributed by atoms with van der Waals surface area (Å²) < 4.78 is 0. The third-order valence-corrected chi connectivity index (χ3v) is 7.61. The molecule has 1 saturated heterocycles. The van der Waals surface area contributed by atoms with Gasteiger partial charge in [-0.05, 0) is 36.3 Å². The molecule has 1 aliphatic heterocycles. The summed E-state index contributed by atoms with van der Waals surface area (Å²) in [5.74, 6) is 1.93. The Morgan fingerprint density at radius 1 is 1.16 bits per heavy atom. The molecule has 0 bridgehead atoms. The van der Waals surface area contributed by atoms with Gasteiger partial charge in [0.25, 0.3) is 0 Å². The van der Waals surface area contributed by atoms with Crippen molar-refractivity contribution in [3.05, 3.63) is 52.7 Å². The summed E-state index contributed by atoms with van der Waals surface area (Å²) in [4.78, 5) is 28.9. The van der Waals surface area contributed by atoms with Crippen LogP contribution in [0.15, 0.2) is 36.7 Å². The second kappa shape index (κ2) is 8.93. The number of aryl methyl sites for hydroxylation is 1. The minimum absolute atomic E-state index is 0.0859. The zero-order valence-corrected chi connectivity index (χ0v) is 18.8. The van der Waals surface area contributed by atoms with E-state index in [0.29, 0.717) is 13.1 Å². The maximum absolute atomic E-state index is 12.4. The highest BCUT2D eigenvalue weighted by Gasteiger charge is 2.27. The van der Waals surface area contributed by atoms with Gasteiger partial charge in [0.1, 0.15) is 17.0 Å². The van der Waals surface area contributed by atoms with Crippen LogP contribution >= 0.6 is 11.3 Å². The highest BCUT2D eigenvalue weighted by atomic mass is 32.1. The van der Waals surface area contributed by atoms with Crippen LogP contribution in [0.25, 0.3) is 10.2 Å². The minimum atomic E-state index is 0.0859. The first kappa shape index (κ1) is 20.4. The van der Waals surface area contributed by atoms with Gasteiger partial charge in [0.15, 0.2) is 0 Å². The Bertz CT molecular complexity index is 1060. The lowest BCUT2D eigenvalue weighted by Gasteiger charge is -2.35. The number of benzene rings is 1. The number of carbonyl (C=O) groups excluding carboxylic acids is 1. The van der Waals surface area contributed by atoms with E-state index < -0.39 is 0 Å². The predicted molar refractivity (Wildman–Crippen MR) is 126 cm³/mol. The predicted octanol–water partition coefficient (Wildman–Crippen LogP) is 3.25. The Kier molecular flexibility index (Phi) is 5.87. The van der Waals surface area contributed by atoms with Crippen LogP contribution in [0, 0.1) is 5.92 Å². The maximum Gasteiger partial charge on any atom is 0.234 e. The number of nitrogens with zero attached hydrogens (tertiary/aromatic N) is 4. The number of anilines is 1. The van der Waals surface area contributed by atoms with Crippen LogP contribution in [-0.2, 0) is 24.2 Å². The number of thiophene rings is 1. The lowest BCUT2D eigenvalue weighted by Crippen LogP contribution is -2.49. The highest BCUT2D eigenvalue weighted by molar-refractivity contribution is 7.19. The SMILES string of the molecule is CC1CCc2c(sc3ncnc(N4CCN(CC(=O)NCc5ccccc5)CC4)c23)C1. The minimum Gasteiger partial charge on any atom is -0.353 e. The third-order valence-electron chi connectivity index (χ3n) is 6.44. The average Bonchev–Trinajstić information content (AvgIpc) is 3.16. The number of fused-ring (bicyclic) bond motifs is 3. The third kappa shape index (κ3) is 4.43.